The van der Waals surface area contributed by atoms with Gasteiger partial charge in [0.1, 0.15) is 17.4 Å². The van der Waals surface area contributed by atoms with E-state index in [-0.39, 0.29) is 5.69 Å². The number of aromatic nitrogens is 4. The molecule has 0 fully saturated rings. The number of hydrogen-bond acceptors (Lipinski definition) is 5. The van der Waals surface area contributed by atoms with E-state index in [2.05, 4.69) is 15.4 Å². The Bertz CT molecular complexity index is 1310. The lowest BCUT2D eigenvalue weighted by molar-refractivity contribution is 0.0547. The number of aromatic amines is 1. The summed E-state index contributed by atoms with van der Waals surface area (Å²) in [5.41, 5.74) is 2.62. The van der Waals surface area contributed by atoms with E-state index in [1.165, 1.54) is 4.57 Å². The minimum Gasteiger partial charge on any atom is -0.443 e. The molecule has 2 aromatic heterocycles. The summed E-state index contributed by atoms with van der Waals surface area (Å²) < 4.78 is 7.17. The molecule has 4 rings (SSSR count). The number of nitrogens with zero attached hydrogens (tertiary/aromatic N) is 4. The van der Waals surface area contributed by atoms with Crippen molar-refractivity contribution in [1.29, 1.82) is 5.26 Å². The monoisotopic (exact) mass is 419 g/mol. The van der Waals surface area contributed by atoms with Gasteiger partial charge in [0.2, 0.25) is 0 Å². The smallest absolute Gasteiger partial charge is 0.419 e. The van der Waals surface area contributed by atoms with Crippen LogP contribution in [0.5, 0.6) is 0 Å². The van der Waals surface area contributed by atoms with Crippen LogP contribution in [0, 0.1) is 11.3 Å². The number of nitrogens with one attached hydrogen (secondary N) is 1. The molecule has 150 valence electrons. The third-order valence-corrected chi connectivity index (χ3v) is 4.63. The number of benzene rings is 2. The maximum absolute atomic E-state index is 13.1. The van der Waals surface area contributed by atoms with Gasteiger partial charge in [-0.25, -0.2) is 14.5 Å². The van der Waals surface area contributed by atoms with Gasteiger partial charge in [0.15, 0.2) is 5.69 Å². The molecule has 7 nitrogen and oxygen atoms in total. The highest BCUT2D eigenvalue weighted by atomic mass is 35.5. The molecule has 4 aromatic rings. The Balaban J connectivity index is 1.93. The van der Waals surface area contributed by atoms with Gasteiger partial charge in [-0.15, -0.1) is 5.10 Å². The predicted molar refractivity (Wildman–Crippen MR) is 114 cm³/mol. The lowest BCUT2D eigenvalue weighted by atomic mass is 10.0. The third kappa shape index (κ3) is 3.65. The van der Waals surface area contributed by atoms with Crippen LogP contribution in [0.25, 0.3) is 33.4 Å². The van der Waals surface area contributed by atoms with Crippen LogP contribution in [-0.4, -0.2) is 31.7 Å². The van der Waals surface area contributed by atoms with Crippen molar-refractivity contribution in [3.63, 3.8) is 0 Å². The number of hydrogen-bond donors (Lipinski definition) is 1. The van der Waals surface area contributed by atoms with Gasteiger partial charge in [-0.2, -0.15) is 5.26 Å². The SMILES string of the molecule is CC(C)(C)OC(=O)n1c(-c2cc(Cl)cc(-c3nn[nH]c3C#N)c2)cc2ccccc21. The molecule has 0 amide bonds. The highest BCUT2D eigenvalue weighted by Crippen LogP contribution is 2.34. The van der Waals surface area contributed by atoms with Crippen LogP contribution in [-0.2, 0) is 4.74 Å². The zero-order valence-electron chi connectivity index (χ0n) is 16.6. The number of para-hydroxylation sites is 1. The number of nitriles is 1. The highest BCUT2D eigenvalue weighted by Gasteiger charge is 2.23. The van der Waals surface area contributed by atoms with E-state index < -0.39 is 11.7 Å². The van der Waals surface area contributed by atoms with Gasteiger partial charge >= 0.3 is 6.09 Å². The Hall–Kier alpha value is -3.63. The molecule has 0 bridgehead atoms. The average molecular weight is 420 g/mol. The van der Waals surface area contributed by atoms with Crippen LogP contribution in [0.4, 0.5) is 4.79 Å². The topological polar surface area (TPSA) is 96.6 Å². The molecule has 30 heavy (non-hydrogen) atoms. The van der Waals surface area contributed by atoms with Gasteiger partial charge in [-0.3, -0.25) is 0 Å². The summed E-state index contributed by atoms with van der Waals surface area (Å²) in [7, 11) is 0. The molecule has 0 saturated heterocycles. The molecule has 0 atom stereocenters. The molecule has 0 aliphatic carbocycles. The van der Waals surface area contributed by atoms with E-state index in [1.807, 2.05) is 63.2 Å². The number of carbonyl (C=O) groups excluding carboxylic acids is 1. The van der Waals surface area contributed by atoms with Crippen LogP contribution in [0.15, 0.2) is 48.5 Å². The van der Waals surface area contributed by atoms with Gasteiger partial charge in [0.05, 0.1) is 11.2 Å². The van der Waals surface area contributed by atoms with Crippen molar-refractivity contribution in [3.8, 4) is 28.6 Å². The minimum absolute atomic E-state index is 0.232. The molecule has 1 N–H and O–H groups in total. The summed E-state index contributed by atoms with van der Waals surface area (Å²) in [6, 6.07) is 16.8. The molecular formula is C22H18ClN5O2. The molecule has 0 radical (unpaired) electrons. The summed E-state index contributed by atoms with van der Waals surface area (Å²) >= 11 is 6.38. The third-order valence-electron chi connectivity index (χ3n) is 4.41. The summed E-state index contributed by atoms with van der Waals surface area (Å²) in [5, 5.41) is 20.9. The van der Waals surface area contributed by atoms with E-state index in [0.717, 1.165) is 10.9 Å². The van der Waals surface area contributed by atoms with Crippen molar-refractivity contribution in [1.82, 2.24) is 20.0 Å². The maximum atomic E-state index is 13.1. The maximum Gasteiger partial charge on any atom is 0.419 e. The lowest BCUT2D eigenvalue weighted by Gasteiger charge is -2.21. The molecular weight excluding hydrogens is 402 g/mol. The fourth-order valence-electron chi connectivity index (χ4n) is 3.25. The van der Waals surface area contributed by atoms with Gasteiger partial charge in [0, 0.05) is 21.5 Å². The molecule has 0 aliphatic rings. The second-order valence-electron chi connectivity index (χ2n) is 7.78. The quantitative estimate of drug-likeness (QED) is 0.469. The first-order valence-corrected chi connectivity index (χ1v) is 9.61. The van der Waals surface area contributed by atoms with Crippen molar-refractivity contribution in [2.24, 2.45) is 0 Å². The molecule has 0 spiro atoms. The second kappa shape index (κ2) is 7.32. The van der Waals surface area contributed by atoms with Gasteiger partial charge in [0.25, 0.3) is 0 Å². The molecule has 0 unspecified atom stereocenters. The number of fused-ring (bicyclic) bond motifs is 1. The van der Waals surface area contributed by atoms with Gasteiger partial charge in [-0.05, 0) is 51.1 Å². The summed E-state index contributed by atoms with van der Waals surface area (Å²) in [6.45, 7) is 5.46. The number of halogens is 1. The van der Waals surface area contributed by atoms with E-state index in [1.54, 1.807) is 12.1 Å². The van der Waals surface area contributed by atoms with E-state index in [0.29, 0.717) is 27.5 Å². The highest BCUT2D eigenvalue weighted by molar-refractivity contribution is 6.31. The standard InChI is InChI=1S/C22H18ClN5O2/c1-22(2,3)30-21(29)28-18-7-5-4-6-13(18)11-19(28)14-8-15(10-16(23)9-14)20-17(12-24)25-27-26-20/h4-11H,1-3H3,(H,25,26,27). The first-order valence-electron chi connectivity index (χ1n) is 9.23. The summed E-state index contributed by atoms with van der Waals surface area (Å²) in [5.74, 6) is 0. The Labute approximate surface area is 177 Å². The lowest BCUT2D eigenvalue weighted by Crippen LogP contribution is -2.27. The largest absolute Gasteiger partial charge is 0.443 e. The first kappa shape index (κ1) is 19.7. The predicted octanol–water partition coefficient (Wildman–Crippen LogP) is 5.40. The van der Waals surface area contributed by atoms with E-state index >= 15 is 0 Å². The van der Waals surface area contributed by atoms with Crippen molar-refractivity contribution < 1.29 is 9.53 Å². The van der Waals surface area contributed by atoms with Crippen LogP contribution < -0.4 is 0 Å². The van der Waals surface area contributed by atoms with E-state index in [9.17, 15) is 10.1 Å². The first-order chi connectivity index (χ1) is 14.3. The molecule has 0 aliphatic heterocycles. The number of carbonyl (C=O) groups is 1. The summed E-state index contributed by atoms with van der Waals surface area (Å²) in [6.07, 6.45) is -0.487. The van der Waals surface area contributed by atoms with Gasteiger partial charge in [-0.1, -0.05) is 35.0 Å². The van der Waals surface area contributed by atoms with Crippen molar-refractivity contribution in [2.45, 2.75) is 26.4 Å². The summed E-state index contributed by atoms with van der Waals surface area (Å²) in [4.78, 5) is 13.1. The fourth-order valence-corrected chi connectivity index (χ4v) is 3.49. The molecule has 8 heteroatoms. The van der Waals surface area contributed by atoms with Crippen molar-refractivity contribution >= 4 is 28.6 Å². The molecule has 2 aromatic carbocycles. The van der Waals surface area contributed by atoms with Crippen LogP contribution in [0.3, 0.4) is 0 Å². The van der Waals surface area contributed by atoms with Crippen molar-refractivity contribution in [2.75, 3.05) is 0 Å². The number of rotatable bonds is 2. The van der Waals surface area contributed by atoms with Crippen LogP contribution in [0.1, 0.15) is 26.5 Å². The normalized spacial score (nSPS) is 11.4. The Morgan fingerprint density at radius 2 is 1.90 bits per heavy atom. The zero-order chi connectivity index (χ0) is 21.5. The Morgan fingerprint density at radius 1 is 1.17 bits per heavy atom. The van der Waals surface area contributed by atoms with Gasteiger partial charge < -0.3 is 4.74 Å². The fraction of sp³-hybridized carbons (Fsp3) is 0.182. The Kier molecular flexibility index (Phi) is 4.80. The van der Waals surface area contributed by atoms with Crippen molar-refractivity contribution in [3.05, 3.63) is 59.2 Å². The second-order valence-corrected chi connectivity index (χ2v) is 8.22. The Morgan fingerprint density at radius 3 is 2.63 bits per heavy atom. The zero-order valence-corrected chi connectivity index (χ0v) is 17.4. The average Bonchev–Trinajstić information content (AvgIpc) is 3.30. The van der Waals surface area contributed by atoms with E-state index in [4.69, 9.17) is 16.3 Å². The molecule has 0 saturated carbocycles. The van der Waals surface area contributed by atoms with Crippen LogP contribution >= 0.6 is 11.6 Å². The number of H-pyrrole nitrogens is 1. The van der Waals surface area contributed by atoms with Crippen LogP contribution in [0.2, 0.25) is 5.02 Å². The molecule has 2 heterocycles. The minimum atomic E-state index is -0.651. The number of ether oxygens (including phenoxy) is 1.